The average Bonchev–Trinajstić information content (AvgIpc) is 2.75. The molecule has 1 atom stereocenters. The highest BCUT2D eigenvalue weighted by Crippen LogP contribution is 2.18. The number of carbonyl (C=O) groups excluding carboxylic acids is 1. The zero-order valence-corrected chi connectivity index (χ0v) is 15.7. The van der Waals surface area contributed by atoms with E-state index in [-0.39, 0.29) is 12.5 Å². The van der Waals surface area contributed by atoms with Gasteiger partial charge in [0.2, 0.25) is 5.91 Å². The quantitative estimate of drug-likeness (QED) is 0.765. The SMILES string of the molecule is CN(CC(=O)O)C1CCCN(CC(=O)NC2CCCCCCC2)CC1. The van der Waals surface area contributed by atoms with E-state index in [1.54, 1.807) is 0 Å². The smallest absolute Gasteiger partial charge is 0.317 e. The maximum absolute atomic E-state index is 12.4. The minimum Gasteiger partial charge on any atom is -0.480 e. The monoisotopic (exact) mass is 353 g/mol. The van der Waals surface area contributed by atoms with Gasteiger partial charge in [-0.05, 0) is 45.7 Å². The fraction of sp³-hybridized carbons (Fsp3) is 0.895. The molecule has 1 saturated carbocycles. The van der Waals surface area contributed by atoms with Gasteiger partial charge < -0.3 is 10.4 Å². The molecule has 1 unspecified atom stereocenters. The van der Waals surface area contributed by atoms with Gasteiger partial charge in [-0.2, -0.15) is 0 Å². The molecular weight excluding hydrogens is 318 g/mol. The molecule has 0 aromatic carbocycles. The number of nitrogens with one attached hydrogen (secondary N) is 1. The second-order valence-electron chi connectivity index (χ2n) is 7.78. The Morgan fingerprint density at radius 3 is 2.36 bits per heavy atom. The zero-order chi connectivity index (χ0) is 18.1. The molecular formula is C19H35N3O3. The molecule has 144 valence electrons. The molecule has 1 aliphatic carbocycles. The van der Waals surface area contributed by atoms with Crippen LogP contribution < -0.4 is 5.32 Å². The van der Waals surface area contributed by atoms with Crippen molar-refractivity contribution < 1.29 is 14.7 Å². The number of carboxylic acids is 1. The second-order valence-corrected chi connectivity index (χ2v) is 7.78. The molecule has 1 aliphatic heterocycles. The Morgan fingerprint density at radius 2 is 1.68 bits per heavy atom. The Morgan fingerprint density at radius 1 is 1.00 bits per heavy atom. The third-order valence-electron chi connectivity index (χ3n) is 5.64. The lowest BCUT2D eigenvalue weighted by molar-refractivity contribution is -0.138. The zero-order valence-electron chi connectivity index (χ0n) is 15.7. The minimum absolute atomic E-state index is 0.0901. The summed E-state index contributed by atoms with van der Waals surface area (Å²) in [6.07, 6.45) is 11.6. The van der Waals surface area contributed by atoms with Crippen LogP contribution in [0.2, 0.25) is 0 Å². The Bertz CT molecular complexity index is 422. The van der Waals surface area contributed by atoms with E-state index in [1.807, 2.05) is 11.9 Å². The molecule has 2 N–H and O–H groups in total. The number of nitrogens with zero attached hydrogens (tertiary/aromatic N) is 2. The summed E-state index contributed by atoms with van der Waals surface area (Å²) in [6.45, 7) is 2.36. The van der Waals surface area contributed by atoms with Crippen molar-refractivity contribution in [3.8, 4) is 0 Å². The summed E-state index contributed by atoms with van der Waals surface area (Å²) in [5.74, 6) is -0.620. The van der Waals surface area contributed by atoms with Crippen LogP contribution >= 0.6 is 0 Å². The molecule has 1 saturated heterocycles. The molecule has 0 bridgehead atoms. The summed E-state index contributed by atoms with van der Waals surface area (Å²) in [6, 6.07) is 0.656. The van der Waals surface area contributed by atoms with Gasteiger partial charge in [-0.3, -0.25) is 19.4 Å². The summed E-state index contributed by atoms with van der Waals surface area (Å²) in [4.78, 5) is 27.4. The Balaban J connectivity index is 1.72. The van der Waals surface area contributed by atoms with Crippen molar-refractivity contribution in [3.05, 3.63) is 0 Å². The molecule has 2 rings (SSSR count). The Kier molecular flexibility index (Phi) is 8.68. The summed E-state index contributed by atoms with van der Waals surface area (Å²) >= 11 is 0. The van der Waals surface area contributed by atoms with Crippen LogP contribution in [0.4, 0.5) is 0 Å². The number of carboxylic acid groups (broad SMARTS) is 1. The van der Waals surface area contributed by atoms with E-state index in [9.17, 15) is 9.59 Å². The molecule has 25 heavy (non-hydrogen) atoms. The van der Waals surface area contributed by atoms with E-state index < -0.39 is 5.97 Å². The first-order valence-corrected chi connectivity index (χ1v) is 9.98. The van der Waals surface area contributed by atoms with Crippen molar-refractivity contribution in [1.29, 1.82) is 0 Å². The van der Waals surface area contributed by atoms with E-state index in [4.69, 9.17) is 5.11 Å². The molecule has 0 aromatic heterocycles. The van der Waals surface area contributed by atoms with Crippen LogP contribution in [0.5, 0.6) is 0 Å². The van der Waals surface area contributed by atoms with Gasteiger partial charge in [0, 0.05) is 18.6 Å². The third-order valence-corrected chi connectivity index (χ3v) is 5.64. The van der Waals surface area contributed by atoms with Gasteiger partial charge >= 0.3 is 5.97 Å². The molecule has 0 radical (unpaired) electrons. The normalized spacial score (nSPS) is 24.3. The third kappa shape index (κ3) is 7.74. The fourth-order valence-electron chi connectivity index (χ4n) is 4.16. The van der Waals surface area contributed by atoms with Gasteiger partial charge in [-0.15, -0.1) is 0 Å². The van der Waals surface area contributed by atoms with Crippen LogP contribution in [-0.2, 0) is 9.59 Å². The lowest BCUT2D eigenvalue weighted by Gasteiger charge is -2.26. The molecule has 6 heteroatoms. The molecule has 0 aromatic rings. The predicted molar refractivity (Wildman–Crippen MR) is 98.6 cm³/mol. The lowest BCUT2D eigenvalue weighted by Crippen LogP contribution is -2.43. The van der Waals surface area contributed by atoms with Crippen molar-refractivity contribution >= 4 is 11.9 Å². The molecule has 2 fully saturated rings. The van der Waals surface area contributed by atoms with Crippen LogP contribution in [0.25, 0.3) is 0 Å². The highest BCUT2D eigenvalue weighted by atomic mass is 16.4. The van der Waals surface area contributed by atoms with Gasteiger partial charge in [-0.25, -0.2) is 0 Å². The standard InChI is InChI=1S/C19H35N3O3/c1-21(15-19(24)25)17-10-7-12-22(13-11-17)14-18(23)20-16-8-5-3-2-4-6-9-16/h16-17H,2-15H2,1H3,(H,20,23)(H,24,25). The van der Waals surface area contributed by atoms with Gasteiger partial charge in [0.05, 0.1) is 13.1 Å². The first-order chi connectivity index (χ1) is 12.0. The number of hydrogen-bond acceptors (Lipinski definition) is 4. The maximum Gasteiger partial charge on any atom is 0.317 e. The van der Waals surface area contributed by atoms with Gasteiger partial charge in [-0.1, -0.05) is 32.1 Å². The van der Waals surface area contributed by atoms with Crippen molar-refractivity contribution in [2.45, 2.75) is 76.3 Å². The number of rotatable bonds is 6. The molecule has 1 heterocycles. The van der Waals surface area contributed by atoms with Crippen molar-refractivity contribution in [2.24, 2.45) is 0 Å². The highest BCUT2D eigenvalue weighted by Gasteiger charge is 2.23. The van der Waals surface area contributed by atoms with Crippen LogP contribution in [0.1, 0.15) is 64.2 Å². The second kappa shape index (κ2) is 10.8. The van der Waals surface area contributed by atoms with Crippen molar-refractivity contribution in [2.75, 3.05) is 33.2 Å². The van der Waals surface area contributed by atoms with E-state index in [2.05, 4.69) is 10.2 Å². The van der Waals surface area contributed by atoms with E-state index in [0.29, 0.717) is 18.6 Å². The number of likely N-dealkylation sites (N-methyl/N-ethyl adjacent to an activating group) is 1. The number of aliphatic carboxylic acids is 1. The number of carbonyl (C=O) groups is 2. The van der Waals surface area contributed by atoms with Gasteiger partial charge in [0.1, 0.15) is 0 Å². The first-order valence-electron chi connectivity index (χ1n) is 9.98. The average molecular weight is 354 g/mol. The number of amides is 1. The van der Waals surface area contributed by atoms with E-state index >= 15 is 0 Å². The summed E-state index contributed by atoms with van der Waals surface area (Å²) in [5, 5.41) is 12.2. The predicted octanol–water partition coefficient (Wildman–Crippen LogP) is 2.09. The summed E-state index contributed by atoms with van der Waals surface area (Å²) in [5.41, 5.74) is 0. The van der Waals surface area contributed by atoms with Crippen molar-refractivity contribution in [1.82, 2.24) is 15.1 Å². The Hall–Kier alpha value is -1.14. The summed E-state index contributed by atoms with van der Waals surface area (Å²) < 4.78 is 0. The van der Waals surface area contributed by atoms with Crippen LogP contribution in [0.3, 0.4) is 0 Å². The van der Waals surface area contributed by atoms with Crippen LogP contribution in [0, 0.1) is 0 Å². The van der Waals surface area contributed by atoms with Crippen LogP contribution in [-0.4, -0.2) is 72.1 Å². The fourth-order valence-corrected chi connectivity index (χ4v) is 4.16. The molecule has 0 spiro atoms. The van der Waals surface area contributed by atoms with Gasteiger partial charge in [0.25, 0.3) is 0 Å². The largest absolute Gasteiger partial charge is 0.480 e. The van der Waals surface area contributed by atoms with Crippen LogP contribution in [0.15, 0.2) is 0 Å². The van der Waals surface area contributed by atoms with Gasteiger partial charge in [0.15, 0.2) is 0 Å². The highest BCUT2D eigenvalue weighted by molar-refractivity contribution is 5.78. The first kappa shape index (κ1) is 20.2. The van der Waals surface area contributed by atoms with Crippen molar-refractivity contribution in [3.63, 3.8) is 0 Å². The molecule has 1 amide bonds. The molecule has 2 aliphatic rings. The lowest BCUT2D eigenvalue weighted by atomic mass is 9.97. The maximum atomic E-state index is 12.4. The van der Waals surface area contributed by atoms with E-state index in [0.717, 1.165) is 45.2 Å². The number of likely N-dealkylation sites (tertiary alicyclic amines) is 1. The topological polar surface area (TPSA) is 72.9 Å². The minimum atomic E-state index is -0.776. The van der Waals surface area contributed by atoms with E-state index in [1.165, 1.54) is 32.1 Å². The number of hydrogen-bond donors (Lipinski definition) is 2. The summed E-state index contributed by atoms with van der Waals surface area (Å²) in [7, 11) is 1.88. The molecule has 6 nitrogen and oxygen atoms in total. The Labute approximate surface area is 151 Å².